The summed E-state index contributed by atoms with van der Waals surface area (Å²) in [6, 6.07) is 24.4. The third-order valence-corrected chi connectivity index (χ3v) is 5.88. The van der Waals surface area contributed by atoms with Gasteiger partial charge in [-0.3, -0.25) is 9.78 Å². The number of para-hydroxylation sites is 1. The molecular weight excluding hydrogens is 398 g/mol. The number of pyridine rings is 1. The van der Waals surface area contributed by atoms with Crippen LogP contribution in [0.5, 0.6) is 0 Å². The van der Waals surface area contributed by atoms with Crippen molar-refractivity contribution in [3.63, 3.8) is 0 Å². The highest BCUT2D eigenvalue weighted by atomic mass is 16.2. The monoisotopic (exact) mass is 421 g/mol. The van der Waals surface area contributed by atoms with Crippen LogP contribution in [-0.2, 0) is 6.42 Å². The molecule has 6 heteroatoms. The Bertz CT molecular complexity index is 1430. The molecule has 6 nitrogen and oxygen atoms in total. The first-order valence-electron chi connectivity index (χ1n) is 10.6. The van der Waals surface area contributed by atoms with E-state index in [1.807, 2.05) is 56.4 Å². The minimum atomic E-state index is -0.137. The molecule has 0 aliphatic carbocycles. The molecule has 0 aliphatic rings. The summed E-state index contributed by atoms with van der Waals surface area (Å²) < 4.78 is 1.70. The van der Waals surface area contributed by atoms with E-state index in [1.165, 1.54) is 16.3 Å². The van der Waals surface area contributed by atoms with E-state index < -0.39 is 0 Å². The summed E-state index contributed by atoms with van der Waals surface area (Å²) >= 11 is 0. The highest BCUT2D eigenvalue weighted by Gasteiger charge is 2.21. The Morgan fingerprint density at radius 1 is 0.938 bits per heavy atom. The van der Waals surface area contributed by atoms with Crippen LogP contribution in [0.15, 0.2) is 79.0 Å². The highest BCUT2D eigenvalue weighted by Crippen LogP contribution is 2.22. The van der Waals surface area contributed by atoms with Crippen LogP contribution in [0.1, 0.15) is 21.7 Å². The van der Waals surface area contributed by atoms with Crippen LogP contribution in [0, 0.1) is 6.92 Å². The van der Waals surface area contributed by atoms with Crippen molar-refractivity contribution in [1.82, 2.24) is 24.9 Å². The second-order valence-electron chi connectivity index (χ2n) is 7.90. The Morgan fingerprint density at radius 3 is 2.59 bits per heavy atom. The molecular formula is C26H23N5O. The van der Waals surface area contributed by atoms with Crippen molar-refractivity contribution in [2.45, 2.75) is 13.3 Å². The second-order valence-corrected chi connectivity index (χ2v) is 7.90. The molecule has 0 radical (unpaired) electrons. The predicted molar refractivity (Wildman–Crippen MR) is 126 cm³/mol. The van der Waals surface area contributed by atoms with Gasteiger partial charge in [-0.1, -0.05) is 65.9 Å². The summed E-state index contributed by atoms with van der Waals surface area (Å²) in [4.78, 5) is 19.4. The molecule has 3 aromatic carbocycles. The van der Waals surface area contributed by atoms with Gasteiger partial charge in [0.25, 0.3) is 5.91 Å². The van der Waals surface area contributed by atoms with Crippen molar-refractivity contribution in [1.29, 1.82) is 0 Å². The average molecular weight is 422 g/mol. The van der Waals surface area contributed by atoms with Crippen LogP contribution in [-0.4, -0.2) is 44.4 Å². The van der Waals surface area contributed by atoms with Gasteiger partial charge in [0.1, 0.15) is 0 Å². The number of hydrogen-bond donors (Lipinski definition) is 0. The molecule has 5 rings (SSSR count). The molecule has 1 amide bonds. The van der Waals surface area contributed by atoms with E-state index in [9.17, 15) is 4.79 Å². The van der Waals surface area contributed by atoms with Gasteiger partial charge in [-0.15, -0.1) is 5.10 Å². The third-order valence-electron chi connectivity index (χ3n) is 5.88. The number of rotatable bonds is 5. The number of likely N-dealkylation sites (N-methyl/N-ethyl adjacent to an activating group) is 1. The number of hydrogen-bond acceptors (Lipinski definition) is 4. The van der Waals surface area contributed by atoms with Crippen LogP contribution < -0.4 is 0 Å². The number of fused-ring (bicyclic) bond motifs is 2. The molecule has 158 valence electrons. The molecule has 0 saturated heterocycles. The van der Waals surface area contributed by atoms with Gasteiger partial charge >= 0.3 is 0 Å². The number of aromatic nitrogens is 4. The summed E-state index contributed by atoms with van der Waals surface area (Å²) in [5.41, 5.74) is 3.92. The molecule has 0 bridgehead atoms. The molecule has 32 heavy (non-hydrogen) atoms. The molecule has 0 atom stereocenters. The standard InChI is InChI=1S/C26H23N5O/c1-18-24(28-29-31(18)23-14-6-11-21-12-7-16-27-25(21)23)26(32)30(2)17-15-20-10-5-9-19-8-3-4-13-22(19)20/h3-14,16H,15,17H2,1-2H3. The number of nitrogens with zero attached hydrogens (tertiary/aromatic N) is 5. The minimum Gasteiger partial charge on any atom is -0.340 e. The zero-order valence-corrected chi connectivity index (χ0v) is 18.1. The Labute approximate surface area is 186 Å². The molecule has 2 heterocycles. The van der Waals surface area contributed by atoms with Crippen LogP contribution in [0.2, 0.25) is 0 Å². The maximum atomic E-state index is 13.2. The first-order chi connectivity index (χ1) is 15.6. The van der Waals surface area contributed by atoms with E-state index >= 15 is 0 Å². The van der Waals surface area contributed by atoms with Crippen molar-refractivity contribution >= 4 is 27.6 Å². The quantitative estimate of drug-likeness (QED) is 0.416. The largest absolute Gasteiger partial charge is 0.340 e. The fourth-order valence-electron chi connectivity index (χ4n) is 4.10. The van der Waals surface area contributed by atoms with E-state index in [0.717, 1.165) is 23.0 Å². The Kier molecular flexibility index (Phi) is 5.11. The van der Waals surface area contributed by atoms with Gasteiger partial charge in [-0.25, -0.2) is 4.68 Å². The maximum Gasteiger partial charge on any atom is 0.276 e. The van der Waals surface area contributed by atoms with Crippen LogP contribution >= 0.6 is 0 Å². The van der Waals surface area contributed by atoms with Gasteiger partial charge in [0.2, 0.25) is 0 Å². The third kappa shape index (κ3) is 3.50. The zero-order chi connectivity index (χ0) is 22.1. The first-order valence-corrected chi connectivity index (χ1v) is 10.6. The number of carbonyl (C=O) groups is 1. The lowest BCUT2D eigenvalue weighted by Crippen LogP contribution is -2.29. The van der Waals surface area contributed by atoms with Gasteiger partial charge in [0.05, 0.1) is 16.9 Å². The van der Waals surface area contributed by atoms with Crippen molar-refractivity contribution in [2.24, 2.45) is 0 Å². The first kappa shape index (κ1) is 19.9. The summed E-state index contributed by atoms with van der Waals surface area (Å²) in [6.07, 6.45) is 2.52. The average Bonchev–Trinajstić information content (AvgIpc) is 3.22. The van der Waals surface area contributed by atoms with Crippen LogP contribution in [0.25, 0.3) is 27.4 Å². The van der Waals surface area contributed by atoms with Crippen LogP contribution in [0.3, 0.4) is 0 Å². The van der Waals surface area contributed by atoms with Gasteiger partial charge < -0.3 is 4.90 Å². The number of amides is 1. The van der Waals surface area contributed by atoms with E-state index in [-0.39, 0.29) is 5.91 Å². The smallest absolute Gasteiger partial charge is 0.276 e. The lowest BCUT2D eigenvalue weighted by atomic mass is 10.0. The number of benzene rings is 3. The fourth-order valence-corrected chi connectivity index (χ4v) is 4.10. The summed E-state index contributed by atoms with van der Waals surface area (Å²) in [7, 11) is 1.81. The van der Waals surface area contributed by atoms with Crippen molar-refractivity contribution in [2.75, 3.05) is 13.6 Å². The Hall–Kier alpha value is -4.06. The summed E-state index contributed by atoms with van der Waals surface area (Å²) in [5, 5.41) is 11.9. The Balaban J connectivity index is 1.38. The van der Waals surface area contributed by atoms with Gasteiger partial charge in [-0.05, 0) is 41.8 Å². The SMILES string of the molecule is Cc1c(C(=O)N(C)CCc2cccc3ccccc23)nnn1-c1cccc2cccnc12. The zero-order valence-electron chi connectivity index (χ0n) is 18.1. The number of carbonyl (C=O) groups excluding carboxylic acids is 1. The molecule has 2 aromatic heterocycles. The van der Waals surface area contributed by atoms with E-state index in [2.05, 4.69) is 45.6 Å². The van der Waals surface area contributed by atoms with E-state index in [0.29, 0.717) is 17.9 Å². The predicted octanol–water partition coefficient (Wildman–Crippen LogP) is 4.59. The van der Waals surface area contributed by atoms with Gasteiger partial charge in [0.15, 0.2) is 5.69 Å². The van der Waals surface area contributed by atoms with Crippen LogP contribution in [0.4, 0.5) is 0 Å². The molecule has 0 saturated carbocycles. The molecule has 0 aliphatic heterocycles. The van der Waals surface area contributed by atoms with E-state index in [4.69, 9.17) is 0 Å². The molecule has 0 N–H and O–H groups in total. The second kappa shape index (κ2) is 8.23. The van der Waals surface area contributed by atoms with Crippen molar-refractivity contribution < 1.29 is 4.79 Å². The van der Waals surface area contributed by atoms with Gasteiger partial charge in [0, 0.05) is 25.2 Å². The minimum absolute atomic E-state index is 0.137. The van der Waals surface area contributed by atoms with Crippen molar-refractivity contribution in [3.8, 4) is 5.69 Å². The molecule has 0 fully saturated rings. The fraction of sp³-hybridized carbons (Fsp3) is 0.154. The van der Waals surface area contributed by atoms with Crippen molar-refractivity contribution in [3.05, 3.63) is 95.9 Å². The van der Waals surface area contributed by atoms with E-state index in [1.54, 1.807) is 15.8 Å². The summed E-state index contributed by atoms with van der Waals surface area (Å²) in [6.45, 7) is 2.46. The molecule has 5 aromatic rings. The topological polar surface area (TPSA) is 63.9 Å². The molecule has 0 spiro atoms. The maximum absolute atomic E-state index is 13.2. The Morgan fingerprint density at radius 2 is 1.69 bits per heavy atom. The normalized spacial score (nSPS) is 11.2. The lowest BCUT2D eigenvalue weighted by Gasteiger charge is -2.17. The lowest BCUT2D eigenvalue weighted by molar-refractivity contribution is 0.0790. The van der Waals surface area contributed by atoms with Gasteiger partial charge in [-0.2, -0.15) is 0 Å². The molecule has 0 unspecified atom stereocenters. The highest BCUT2D eigenvalue weighted by molar-refractivity contribution is 5.94. The summed E-state index contributed by atoms with van der Waals surface area (Å²) in [5.74, 6) is -0.137.